The first-order valence-electron chi connectivity index (χ1n) is 7.86. The minimum Gasteiger partial charge on any atom is -0.491 e. The topological polar surface area (TPSA) is 18.5 Å². The van der Waals surface area contributed by atoms with Crippen molar-refractivity contribution in [2.75, 3.05) is 13.2 Å². The molecule has 2 rings (SSSR count). The van der Waals surface area contributed by atoms with Crippen LogP contribution in [0.5, 0.6) is 11.5 Å². The molecular formula is C19H18Br2Cl2O2. The molecule has 0 heterocycles. The number of hydrogen-bond acceptors (Lipinski definition) is 2. The van der Waals surface area contributed by atoms with Gasteiger partial charge in [-0.2, -0.15) is 0 Å². The Labute approximate surface area is 175 Å². The summed E-state index contributed by atoms with van der Waals surface area (Å²) in [5.74, 6) is 1.47. The van der Waals surface area contributed by atoms with Crippen LogP contribution in [0, 0.1) is 0 Å². The molecule has 0 unspecified atom stereocenters. The molecule has 2 aromatic rings. The van der Waals surface area contributed by atoms with Crippen LogP contribution in [0.4, 0.5) is 0 Å². The van der Waals surface area contributed by atoms with Crippen LogP contribution in [-0.4, -0.2) is 13.2 Å². The van der Waals surface area contributed by atoms with Crippen LogP contribution in [0.15, 0.2) is 62.0 Å². The molecule has 0 aliphatic rings. The highest BCUT2D eigenvalue weighted by Crippen LogP contribution is 2.37. The summed E-state index contributed by atoms with van der Waals surface area (Å²) < 4.78 is 13.3. The summed E-state index contributed by atoms with van der Waals surface area (Å²) in [4.78, 5) is 0. The molecule has 25 heavy (non-hydrogen) atoms. The average molecular weight is 509 g/mol. The van der Waals surface area contributed by atoms with Crippen molar-refractivity contribution in [1.82, 2.24) is 0 Å². The Kier molecular flexibility index (Phi) is 9.18. The third kappa shape index (κ3) is 7.61. The zero-order valence-electron chi connectivity index (χ0n) is 13.5. The van der Waals surface area contributed by atoms with Gasteiger partial charge in [-0.05, 0) is 74.9 Å². The molecule has 0 aromatic heterocycles. The predicted octanol–water partition coefficient (Wildman–Crippen LogP) is 7.31. The standard InChI is InChI=1S/C19H18Br2Cl2O2/c20-16-12-15(24-11-9-18(22)23)13-17(21)19(16)25-10-5-4-8-14-6-2-1-3-7-14/h1-3,6-7,9,12-13H,4-5,8,10-11H2. The van der Waals surface area contributed by atoms with Gasteiger partial charge < -0.3 is 9.47 Å². The van der Waals surface area contributed by atoms with Gasteiger partial charge in [0, 0.05) is 0 Å². The van der Waals surface area contributed by atoms with E-state index in [1.54, 1.807) is 6.08 Å². The Bertz CT molecular complexity index is 679. The summed E-state index contributed by atoms with van der Waals surface area (Å²) in [5, 5.41) is 0. The number of unbranched alkanes of at least 4 members (excludes halogenated alkanes) is 1. The van der Waals surface area contributed by atoms with Gasteiger partial charge in [0.05, 0.1) is 15.6 Å². The minimum atomic E-state index is 0.189. The normalized spacial score (nSPS) is 10.4. The fourth-order valence-corrected chi connectivity index (χ4v) is 3.71. The highest BCUT2D eigenvalue weighted by atomic mass is 79.9. The van der Waals surface area contributed by atoms with Crippen molar-refractivity contribution in [2.24, 2.45) is 0 Å². The van der Waals surface area contributed by atoms with Gasteiger partial charge in [-0.15, -0.1) is 0 Å². The first kappa shape index (κ1) is 20.6. The van der Waals surface area contributed by atoms with Gasteiger partial charge in [-0.25, -0.2) is 0 Å². The van der Waals surface area contributed by atoms with Crippen LogP contribution in [0.1, 0.15) is 18.4 Å². The predicted molar refractivity (Wildman–Crippen MR) is 112 cm³/mol. The van der Waals surface area contributed by atoms with Gasteiger partial charge in [0.25, 0.3) is 0 Å². The van der Waals surface area contributed by atoms with Crippen molar-refractivity contribution >= 4 is 55.1 Å². The number of benzene rings is 2. The summed E-state index contributed by atoms with van der Waals surface area (Å²) >= 11 is 18.2. The first-order chi connectivity index (χ1) is 12.1. The molecule has 134 valence electrons. The van der Waals surface area contributed by atoms with Crippen molar-refractivity contribution in [3.63, 3.8) is 0 Å². The maximum absolute atomic E-state index is 5.90. The van der Waals surface area contributed by atoms with Crippen molar-refractivity contribution in [3.8, 4) is 11.5 Å². The number of rotatable bonds is 9. The van der Waals surface area contributed by atoms with E-state index in [-0.39, 0.29) is 4.49 Å². The summed E-state index contributed by atoms with van der Waals surface area (Å²) in [7, 11) is 0. The zero-order valence-corrected chi connectivity index (χ0v) is 18.2. The second-order valence-corrected chi connectivity index (χ2v) is 8.03. The Morgan fingerprint density at radius 2 is 1.64 bits per heavy atom. The van der Waals surface area contributed by atoms with E-state index in [4.69, 9.17) is 32.7 Å². The molecular weight excluding hydrogens is 491 g/mol. The molecule has 0 bridgehead atoms. The number of aryl methyl sites for hydroxylation is 1. The second kappa shape index (κ2) is 11.1. The molecule has 0 N–H and O–H groups in total. The summed E-state index contributed by atoms with van der Waals surface area (Å²) in [6.45, 7) is 0.968. The van der Waals surface area contributed by atoms with Crippen molar-refractivity contribution < 1.29 is 9.47 Å². The summed E-state index contributed by atoms with van der Waals surface area (Å²) in [6, 6.07) is 14.2. The molecule has 2 nitrogen and oxygen atoms in total. The fraction of sp³-hybridized carbons (Fsp3) is 0.263. The van der Waals surface area contributed by atoms with Crippen LogP contribution < -0.4 is 9.47 Å². The average Bonchev–Trinajstić information content (AvgIpc) is 2.57. The van der Waals surface area contributed by atoms with Gasteiger partial charge in [0.15, 0.2) is 0 Å². The lowest BCUT2D eigenvalue weighted by Gasteiger charge is -2.12. The first-order valence-corrected chi connectivity index (χ1v) is 10.2. The Morgan fingerprint density at radius 3 is 2.28 bits per heavy atom. The number of halogens is 4. The van der Waals surface area contributed by atoms with Gasteiger partial charge in [0.1, 0.15) is 22.6 Å². The monoisotopic (exact) mass is 506 g/mol. The van der Waals surface area contributed by atoms with Gasteiger partial charge >= 0.3 is 0 Å². The largest absolute Gasteiger partial charge is 0.491 e. The second-order valence-electron chi connectivity index (χ2n) is 5.31. The molecule has 0 saturated carbocycles. The Balaban J connectivity index is 1.80. The van der Waals surface area contributed by atoms with E-state index in [0.717, 1.165) is 34.0 Å². The van der Waals surface area contributed by atoms with E-state index >= 15 is 0 Å². The van der Waals surface area contributed by atoms with E-state index in [2.05, 4.69) is 56.1 Å². The van der Waals surface area contributed by atoms with E-state index in [0.29, 0.717) is 19.0 Å². The fourth-order valence-electron chi connectivity index (χ4n) is 2.21. The molecule has 0 saturated heterocycles. The maximum atomic E-state index is 5.90. The highest BCUT2D eigenvalue weighted by Gasteiger charge is 2.10. The third-order valence-corrected chi connectivity index (χ3v) is 4.90. The Morgan fingerprint density at radius 1 is 0.960 bits per heavy atom. The summed E-state index contributed by atoms with van der Waals surface area (Å²) in [6.07, 6.45) is 4.73. The van der Waals surface area contributed by atoms with Crippen LogP contribution in [0.3, 0.4) is 0 Å². The zero-order chi connectivity index (χ0) is 18.1. The van der Waals surface area contributed by atoms with Crippen LogP contribution in [0.2, 0.25) is 0 Å². The van der Waals surface area contributed by atoms with E-state index in [1.807, 2.05) is 18.2 Å². The third-order valence-electron chi connectivity index (χ3n) is 3.41. The lowest BCUT2D eigenvalue weighted by molar-refractivity contribution is 0.301. The highest BCUT2D eigenvalue weighted by molar-refractivity contribution is 9.11. The van der Waals surface area contributed by atoms with Crippen LogP contribution >= 0.6 is 55.1 Å². The molecule has 0 radical (unpaired) electrons. The summed E-state index contributed by atoms with van der Waals surface area (Å²) in [5.41, 5.74) is 1.36. The molecule has 2 aromatic carbocycles. The van der Waals surface area contributed by atoms with Crippen molar-refractivity contribution in [2.45, 2.75) is 19.3 Å². The molecule has 0 fully saturated rings. The smallest absolute Gasteiger partial charge is 0.147 e. The van der Waals surface area contributed by atoms with Crippen LogP contribution in [0.25, 0.3) is 0 Å². The van der Waals surface area contributed by atoms with Crippen molar-refractivity contribution in [1.29, 1.82) is 0 Å². The van der Waals surface area contributed by atoms with E-state index < -0.39 is 0 Å². The quantitative estimate of drug-likeness (QED) is 0.330. The molecule has 0 aliphatic heterocycles. The Hall–Kier alpha value is -0.680. The van der Waals surface area contributed by atoms with Gasteiger partial charge in [0.2, 0.25) is 0 Å². The maximum Gasteiger partial charge on any atom is 0.147 e. The molecule has 0 amide bonds. The van der Waals surface area contributed by atoms with Crippen LogP contribution in [-0.2, 0) is 6.42 Å². The minimum absolute atomic E-state index is 0.189. The van der Waals surface area contributed by atoms with Gasteiger partial charge in [-0.3, -0.25) is 0 Å². The van der Waals surface area contributed by atoms with Crippen molar-refractivity contribution in [3.05, 3.63) is 67.5 Å². The van der Waals surface area contributed by atoms with Gasteiger partial charge in [-0.1, -0.05) is 53.5 Å². The number of hydrogen-bond donors (Lipinski definition) is 0. The van der Waals surface area contributed by atoms with E-state index in [9.17, 15) is 0 Å². The van der Waals surface area contributed by atoms with E-state index in [1.165, 1.54) is 5.56 Å². The lowest BCUT2D eigenvalue weighted by Crippen LogP contribution is -2.01. The molecule has 0 atom stereocenters. The molecule has 6 heteroatoms. The number of ether oxygens (including phenoxy) is 2. The molecule has 0 spiro atoms. The SMILES string of the molecule is ClC(Cl)=CCOc1cc(Br)c(OCCCCc2ccccc2)c(Br)c1. The lowest BCUT2D eigenvalue weighted by atomic mass is 10.1. The molecule has 0 aliphatic carbocycles.